The van der Waals surface area contributed by atoms with Crippen molar-refractivity contribution in [2.24, 2.45) is 0 Å². The number of nitrogens with zero attached hydrogens (tertiary/aromatic N) is 1. The van der Waals surface area contributed by atoms with Crippen LogP contribution in [-0.4, -0.2) is 26.4 Å². The maximum Gasteiger partial charge on any atom is 0.416 e. The lowest BCUT2D eigenvalue weighted by Gasteiger charge is -2.11. The van der Waals surface area contributed by atoms with Crippen LogP contribution in [0.4, 0.5) is 33.3 Å². The van der Waals surface area contributed by atoms with Crippen molar-refractivity contribution in [3.8, 4) is 0 Å². The summed E-state index contributed by atoms with van der Waals surface area (Å²) in [6.45, 7) is -0.609. The molecule has 0 aliphatic rings. The molecule has 152 valence electrons. The predicted molar refractivity (Wildman–Crippen MR) is 88.1 cm³/mol. The van der Waals surface area contributed by atoms with Gasteiger partial charge < -0.3 is 5.32 Å². The SMILES string of the molecule is O=[N+]([O-])c1cc(C(F)(F)F)ccc1NCCNS(=O)(=O)c1cc(F)cc(F)c1. The Labute approximate surface area is 155 Å². The van der Waals surface area contributed by atoms with E-state index >= 15 is 0 Å². The summed E-state index contributed by atoms with van der Waals surface area (Å²) in [5, 5.41) is 13.4. The van der Waals surface area contributed by atoms with Gasteiger partial charge in [0, 0.05) is 25.2 Å². The molecule has 0 fully saturated rings. The van der Waals surface area contributed by atoms with E-state index < -0.39 is 48.9 Å². The fraction of sp³-hybridized carbons (Fsp3) is 0.200. The van der Waals surface area contributed by atoms with Gasteiger partial charge in [-0.15, -0.1) is 0 Å². The molecule has 0 atom stereocenters. The standard InChI is InChI=1S/C15H12F5N3O4S/c16-10-6-11(17)8-12(7-10)28(26,27)22-4-3-21-13-2-1-9(15(18,19)20)5-14(13)23(24)25/h1-2,5-8,21-22H,3-4H2. The summed E-state index contributed by atoms with van der Waals surface area (Å²) in [6, 6.07) is 3.51. The molecule has 7 nitrogen and oxygen atoms in total. The highest BCUT2D eigenvalue weighted by molar-refractivity contribution is 7.89. The Balaban J connectivity index is 2.06. The van der Waals surface area contributed by atoms with E-state index in [4.69, 9.17) is 0 Å². The molecule has 0 radical (unpaired) electrons. The molecule has 0 aliphatic carbocycles. The molecule has 2 aromatic carbocycles. The Hall–Kier alpha value is -2.80. The van der Waals surface area contributed by atoms with Crippen molar-refractivity contribution in [1.82, 2.24) is 4.72 Å². The van der Waals surface area contributed by atoms with Crippen LogP contribution in [-0.2, 0) is 16.2 Å². The van der Waals surface area contributed by atoms with E-state index in [1.165, 1.54) is 0 Å². The van der Waals surface area contributed by atoms with Crippen LogP contribution in [0.5, 0.6) is 0 Å². The number of alkyl halides is 3. The van der Waals surface area contributed by atoms with Gasteiger partial charge in [-0.1, -0.05) is 0 Å². The molecule has 2 aromatic rings. The summed E-state index contributed by atoms with van der Waals surface area (Å²) in [5.41, 5.74) is -2.31. The van der Waals surface area contributed by atoms with Gasteiger partial charge in [0.25, 0.3) is 5.69 Å². The Morgan fingerprint density at radius 1 is 1.00 bits per heavy atom. The van der Waals surface area contributed by atoms with Gasteiger partial charge in [0.2, 0.25) is 10.0 Å². The van der Waals surface area contributed by atoms with Crippen LogP contribution < -0.4 is 10.0 Å². The van der Waals surface area contributed by atoms with Gasteiger partial charge in [0.15, 0.2) is 0 Å². The van der Waals surface area contributed by atoms with Crippen LogP contribution in [0.2, 0.25) is 0 Å². The van der Waals surface area contributed by atoms with E-state index in [1.54, 1.807) is 0 Å². The first kappa shape index (κ1) is 21.5. The third-order valence-electron chi connectivity index (χ3n) is 3.40. The number of hydrogen-bond acceptors (Lipinski definition) is 5. The summed E-state index contributed by atoms with van der Waals surface area (Å²) in [4.78, 5) is 9.28. The van der Waals surface area contributed by atoms with Crippen molar-refractivity contribution in [3.05, 3.63) is 63.7 Å². The largest absolute Gasteiger partial charge is 0.416 e. The number of nitro benzene ring substituents is 1. The topological polar surface area (TPSA) is 101 Å². The van der Waals surface area contributed by atoms with Gasteiger partial charge in [0.05, 0.1) is 15.4 Å². The first-order valence-corrected chi connectivity index (χ1v) is 8.94. The van der Waals surface area contributed by atoms with E-state index in [-0.39, 0.29) is 18.8 Å². The lowest BCUT2D eigenvalue weighted by molar-refractivity contribution is -0.384. The fourth-order valence-corrected chi connectivity index (χ4v) is 3.23. The molecule has 28 heavy (non-hydrogen) atoms. The number of sulfonamides is 1. The molecular weight excluding hydrogens is 413 g/mol. The van der Waals surface area contributed by atoms with Gasteiger partial charge in [0.1, 0.15) is 17.3 Å². The molecule has 0 bridgehead atoms. The second-order valence-electron chi connectivity index (χ2n) is 5.42. The van der Waals surface area contributed by atoms with Gasteiger partial charge >= 0.3 is 6.18 Å². The maximum absolute atomic E-state index is 13.1. The van der Waals surface area contributed by atoms with Crippen LogP contribution in [0, 0.1) is 21.7 Å². The van der Waals surface area contributed by atoms with E-state index in [9.17, 15) is 40.5 Å². The molecule has 2 N–H and O–H groups in total. The lowest BCUT2D eigenvalue weighted by atomic mass is 10.1. The van der Waals surface area contributed by atoms with Gasteiger partial charge in [-0.05, 0) is 24.3 Å². The molecule has 2 rings (SSSR count). The highest BCUT2D eigenvalue weighted by Crippen LogP contribution is 2.34. The monoisotopic (exact) mass is 425 g/mol. The van der Waals surface area contributed by atoms with Crippen LogP contribution in [0.3, 0.4) is 0 Å². The molecule has 0 spiro atoms. The molecule has 0 saturated heterocycles. The molecule has 13 heteroatoms. The Morgan fingerprint density at radius 3 is 2.14 bits per heavy atom. The van der Waals surface area contributed by atoms with Crippen molar-refractivity contribution in [1.29, 1.82) is 0 Å². The molecule has 0 unspecified atom stereocenters. The minimum atomic E-state index is -4.76. The molecule has 0 aliphatic heterocycles. The van der Waals surface area contributed by atoms with E-state index in [1.807, 2.05) is 4.72 Å². The minimum absolute atomic E-state index is 0.247. The minimum Gasteiger partial charge on any atom is -0.378 e. The van der Waals surface area contributed by atoms with Crippen LogP contribution >= 0.6 is 0 Å². The van der Waals surface area contributed by atoms with Crippen LogP contribution in [0.25, 0.3) is 0 Å². The summed E-state index contributed by atoms with van der Waals surface area (Å²) in [5.74, 6) is -2.20. The smallest absolute Gasteiger partial charge is 0.378 e. The fourth-order valence-electron chi connectivity index (χ4n) is 2.16. The zero-order valence-electron chi connectivity index (χ0n) is 13.8. The van der Waals surface area contributed by atoms with Crippen molar-refractivity contribution < 1.29 is 35.3 Å². The first-order valence-electron chi connectivity index (χ1n) is 7.45. The first-order chi connectivity index (χ1) is 12.9. The second-order valence-corrected chi connectivity index (χ2v) is 7.18. The number of nitro groups is 1. The normalized spacial score (nSPS) is 12.0. The van der Waals surface area contributed by atoms with Crippen molar-refractivity contribution in [2.45, 2.75) is 11.1 Å². The average Bonchev–Trinajstić information content (AvgIpc) is 2.57. The summed E-state index contributed by atoms with van der Waals surface area (Å²) >= 11 is 0. The van der Waals surface area contributed by atoms with Crippen molar-refractivity contribution in [2.75, 3.05) is 18.4 Å². The number of nitrogens with one attached hydrogen (secondary N) is 2. The third kappa shape index (κ3) is 5.36. The maximum atomic E-state index is 13.1. The number of halogens is 5. The van der Waals surface area contributed by atoms with E-state index in [0.29, 0.717) is 30.3 Å². The van der Waals surface area contributed by atoms with E-state index in [0.717, 1.165) is 6.07 Å². The van der Waals surface area contributed by atoms with Crippen molar-refractivity contribution >= 4 is 21.4 Å². The second kappa shape index (κ2) is 8.06. The highest BCUT2D eigenvalue weighted by atomic mass is 32.2. The lowest BCUT2D eigenvalue weighted by Crippen LogP contribution is -2.29. The summed E-state index contributed by atoms with van der Waals surface area (Å²) in [7, 11) is -4.26. The van der Waals surface area contributed by atoms with E-state index in [2.05, 4.69) is 5.32 Å². The van der Waals surface area contributed by atoms with Crippen LogP contribution in [0.15, 0.2) is 41.3 Å². The Kier molecular flexibility index (Phi) is 6.19. The zero-order chi connectivity index (χ0) is 21.1. The number of hydrogen-bond donors (Lipinski definition) is 2. The van der Waals surface area contributed by atoms with Gasteiger partial charge in [-0.2, -0.15) is 13.2 Å². The molecule has 0 aromatic heterocycles. The molecular formula is C15H12F5N3O4S. The number of benzene rings is 2. The van der Waals surface area contributed by atoms with Gasteiger partial charge in [-0.3, -0.25) is 10.1 Å². The summed E-state index contributed by atoms with van der Waals surface area (Å²) < 4.78 is 90.1. The average molecular weight is 425 g/mol. The Bertz CT molecular complexity index is 975. The highest BCUT2D eigenvalue weighted by Gasteiger charge is 2.33. The Morgan fingerprint density at radius 2 is 1.61 bits per heavy atom. The van der Waals surface area contributed by atoms with Crippen molar-refractivity contribution in [3.63, 3.8) is 0 Å². The number of rotatable bonds is 7. The zero-order valence-corrected chi connectivity index (χ0v) is 14.6. The third-order valence-corrected chi connectivity index (χ3v) is 4.84. The quantitative estimate of drug-likeness (QED) is 0.307. The summed E-state index contributed by atoms with van der Waals surface area (Å²) in [6.07, 6.45) is -4.76. The van der Waals surface area contributed by atoms with Gasteiger partial charge in [-0.25, -0.2) is 21.9 Å². The molecule has 0 amide bonds. The number of anilines is 1. The van der Waals surface area contributed by atoms with Crippen LogP contribution in [0.1, 0.15) is 5.56 Å². The predicted octanol–water partition coefficient (Wildman–Crippen LogP) is 3.28. The molecule has 0 heterocycles. The molecule has 0 saturated carbocycles.